The molecule has 6 unspecified atom stereocenters. The maximum absolute atomic E-state index is 12.8. The first-order valence-corrected chi connectivity index (χ1v) is 9.65. The second-order valence-electron chi connectivity index (χ2n) is 8.94. The van der Waals surface area contributed by atoms with E-state index in [-0.39, 0.29) is 41.1 Å². The molecular weight excluding hydrogens is 324 g/mol. The van der Waals surface area contributed by atoms with Crippen molar-refractivity contribution in [2.45, 2.75) is 38.8 Å². The monoisotopic (exact) mass is 350 g/mol. The zero-order valence-corrected chi connectivity index (χ0v) is 15.9. The van der Waals surface area contributed by atoms with Crippen LogP contribution in [-0.4, -0.2) is 47.8 Å². The van der Waals surface area contributed by atoms with Crippen molar-refractivity contribution >= 4 is 11.8 Å². The maximum atomic E-state index is 12.8. The predicted molar refractivity (Wildman–Crippen MR) is 100.0 cm³/mol. The Morgan fingerprint density at radius 1 is 1.04 bits per heavy atom. The van der Waals surface area contributed by atoms with Crippen molar-refractivity contribution in [3.05, 3.63) is 47.1 Å². The first-order chi connectivity index (χ1) is 12.3. The number of carbonyl (C=O) groups is 2. The highest BCUT2D eigenvalue weighted by atomic mass is 16.2. The molecule has 1 fully saturated rings. The van der Waals surface area contributed by atoms with Crippen LogP contribution in [0.3, 0.4) is 0 Å². The molecule has 4 aliphatic heterocycles. The Morgan fingerprint density at radius 3 is 2.58 bits per heavy atom. The van der Waals surface area contributed by atoms with Crippen molar-refractivity contribution in [1.82, 2.24) is 9.80 Å². The van der Waals surface area contributed by atoms with E-state index >= 15 is 0 Å². The maximum Gasteiger partial charge on any atom is 0.233 e. The van der Waals surface area contributed by atoms with E-state index in [0.717, 1.165) is 12.8 Å². The van der Waals surface area contributed by atoms with Crippen molar-refractivity contribution in [2.24, 2.45) is 23.2 Å². The van der Waals surface area contributed by atoms with Gasteiger partial charge in [-0.15, -0.1) is 0 Å². The highest BCUT2D eigenvalue weighted by Crippen LogP contribution is 2.64. The molecule has 136 valence electrons. The third kappa shape index (κ3) is 1.80. The van der Waals surface area contributed by atoms with Crippen LogP contribution in [0.4, 0.5) is 0 Å². The van der Waals surface area contributed by atoms with Gasteiger partial charge in [-0.2, -0.15) is 0 Å². The molecule has 0 aromatic carbocycles. The molecule has 4 nitrogen and oxygen atoms in total. The van der Waals surface area contributed by atoms with Gasteiger partial charge in [0.05, 0.1) is 23.9 Å². The lowest BCUT2D eigenvalue weighted by Crippen LogP contribution is -2.61. The van der Waals surface area contributed by atoms with Gasteiger partial charge in [0.15, 0.2) is 0 Å². The summed E-state index contributed by atoms with van der Waals surface area (Å²) in [7, 11) is 3.88. The van der Waals surface area contributed by atoms with Crippen molar-refractivity contribution in [3.8, 4) is 0 Å². The Labute approximate surface area is 154 Å². The van der Waals surface area contributed by atoms with Crippen molar-refractivity contribution in [2.75, 3.05) is 14.1 Å². The summed E-state index contributed by atoms with van der Waals surface area (Å²) in [5, 5.41) is 0. The average Bonchev–Trinajstić information content (AvgIpc) is 2.59. The molecule has 1 saturated carbocycles. The van der Waals surface area contributed by atoms with E-state index in [9.17, 15) is 9.59 Å². The third-order valence-electron chi connectivity index (χ3n) is 7.53. The molecule has 4 bridgehead atoms. The van der Waals surface area contributed by atoms with Crippen LogP contribution in [0.5, 0.6) is 0 Å². The van der Waals surface area contributed by atoms with Gasteiger partial charge in [-0.3, -0.25) is 9.59 Å². The average molecular weight is 350 g/mol. The van der Waals surface area contributed by atoms with Crippen LogP contribution in [-0.2, 0) is 9.59 Å². The van der Waals surface area contributed by atoms with E-state index < -0.39 is 0 Å². The number of hydrogen-bond acceptors (Lipinski definition) is 2. The van der Waals surface area contributed by atoms with Crippen LogP contribution < -0.4 is 0 Å². The van der Waals surface area contributed by atoms with Crippen LogP contribution in [0.2, 0.25) is 0 Å². The summed E-state index contributed by atoms with van der Waals surface area (Å²) in [6.45, 7) is 4.53. The molecule has 0 aromatic rings. The topological polar surface area (TPSA) is 40.6 Å². The largest absolute Gasteiger partial charge is 0.339 e. The van der Waals surface area contributed by atoms with E-state index in [1.54, 1.807) is 0 Å². The number of likely N-dealkylation sites (N-methyl/N-ethyl adjacent to an activating group) is 2. The number of amides is 2. The summed E-state index contributed by atoms with van der Waals surface area (Å²) in [5.74, 6) is 0.584. The minimum absolute atomic E-state index is 0.00699. The predicted octanol–water partition coefficient (Wildman–Crippen LogP) is 2.70. The van der Waals surface area contributed by atoms with Crippen LogP contribution in [0, 0.1) is 23.2 Å². The Bertz CT molecular complexity index is 848. The van der Waals surface area contributed by atoms with Gasteiger partial charge in [0.1, 0.15) is 0 Å². The van der Waals surface area contributed by atoms with Gasteiger partial charge in [0.2, 0.25) is 11.8 Å². The zero-order chi connectivity index (χ0) is 18.4. The second-order valence-corrected chi connectivity index (χ2v) is 8.94. The van der Waals surface area contributed by atoms with Crippen LogP contribution >= 0.6 is 0 Å². The third-order valence-corrected chi connectivity index (χ3v) is 7.53. The van der Waals surface area contributed by atoms with E-state index in [2.05, 4.69) is 44.2 Å². The zero-order valence-electron chi connectivity index (χ0n) is 15.9. The van der Waals surface area contributed by atoms with E-state index in [4.69, 9.17) is 0 Å². The minimum Gasteiger partial charge on any atom is -0.339 e. The Balaban J connectivity index is 1.69. The molecule has 0 N–H and O–H groups in total. The van der Waals surface area contributed by atoms with E-state index in [0.29, 0.717) is 5.92 Å². The lowest BCUT2D eigenvalue weighted by molar-refractivity contribution is -0.137. The van der Waals surface area contributed by atoms with Gasteiger partial charge in [0, 0.05) is 25.4 Å². The highest BCUT2D eigenvalue weighted by molar-refractivity contribution is 5.86. The quantitative estimate of drug-likeness (QED) is 0.630. The molecule has 0 aromatic heterocycles. The fourth-order valence-corrected chi connectivity index (χ4v) is 6.05. The fraction of sp³-hybridized carbons (Fsp3) is 0.545. The first-order valence-electron chi connectivity index (χ1n) is 9.65. The van der Waals surface area contributed by atoms with Crippen molar-refractivity contribution in [3.63, 3.8) is 0 Å². The lowest BCUT2D eigenvalue weighted by atomic mass is 9.47. The summed E-state index contributed by atoms with van der Waals surface area (Å²) >= 11 is 0. The van der Waals surface area contributed by atoms with Gasteiger partial charge < -0.3 is 9.80 Å². The van der Waals surface area contributed by atoms with Gasteiger partial charge in [0.25, 0.3) is 0 Å². The van der Waals surface area contributed by atoms with Gasteiger partial charge in [-0.25, -0.2) is 0 Å². The van der Waals surface area contributed by atoms with Gasteiger partial charge in [-0.05, 0) is 30.9 Å². The molecule has 2 amide bonds. The Kier molecular flexibility index (Phi) is 3.09. The summed E-state index contributed by atoms with van der Waals surface area (Å²) in [5.41, 5.74) is 4.11. The molecule has 3 aliphatic carbocycles. The molecular formula is C22H26N2O2. The molecule has 26 heavy (non-hydrogen) atoms. The lowest BCUT2D eigenvalue weighted by Gasteiger charge is -2.61. The number of nitrogens with zero attached hydrogens (tertiary/aromatic N) is 2. The first kappa shape index (κ1) is 16.1. The molecule has 0 radical (unpaired) electrons. The molecule has 0 saturated heterocycles. The standard InChI is InChI=1S/C22H26N2O2/c1-12-9-13-6-8-17(24(4)21(13)26)19-18(12)16-10-14-5-7-15(11-22(16,19)2)23(3)20(14)25/h5-8,10,13-15,17,19H,9,11H2,1-4H3/b16-10-,18-12-. The normalized spacial score (nSPS) is 48.2. The molecule has 0 spiro atoms. The number of hydrogen-bond donors (Lipinski definition) is 0. The summed E-state index contributed by atoms with van der Waals surface area (Å²) < 4.78 is 0. The Hall–Kier alpha value is -2.10. The summed E-state index contributed by atoms with van der Waals surface area (Å²) in [4.78, 5) is 29.3. The van der Waals surface area contributed by atoms with E-state index in [1.165, 1.54) is 16.7 Å². The summed E-state index contributed by atoms with van der Waals surface area (Å²) in [6.07, 6.45) is 12.6. The number of allylic oxidation sites excluding steroid dienone is 2. The minimum atomic E-state index is -0.148. The molecule has 7 aliphatic rings. The summed E-state index contributed by atoms with van der Waals surface area (Å²) in [6, 6.07) is 0.259. The van der Waals surface area contributed by atoms with Crippen molar-refractivity contribution < 1.29 is 9.59 Å². The SMILES string of the molecule is C/C1=C2\C3=C\C4C=CC(CC3(C)C2C2C=CC(C1)C(=O)N2C)N(C)C4=O. The Morgan fingerprint density at radius 2 is 1.81 bits per heavy atom. The second kappa shape index (κ2) is 4.99. The molecule has 7 rings (SSSR count). The highest BCUT2D eigenvalue weighted by Gasteiger charge is 2.59. The van der Waals surface area contributed by atoms with Crippen LogP contribution in [0.1, 0.15) is 26.7 Å². The smallest absolute Gasteiger partial charge is 0.233 e. The van der Waals surface area contributed by atoms with Gasteiger partial charge in [-0.1, -0.05) is 42.9 Å². The fourth-order valence-electron chi connectivity index (χ4n) is 6.05. The van der Waals surface area contributed by atoms with Gasteiger partial charge >= 0.3 is 0 Å². The van der Waals surface area contributed by atoms with Crippen LogP contribution in [0.25, 0.3) is 0 Å². The van der Waals surface area contributed by atoms with E-state index in [1.807, 2.05) is 23.9 Å². The molecule has 6 atom stereocenters. The number of rotatable bonds is 0. The van der Waals surface area contributed by atoms with Crippen molar-refractivity contribution in [1.29, 1.82) is 0 Å². The number of carbonyl (C=O) groups excluding carboxylic acids is 2. The van der Waals surface area contributed by atoms with Crippen LogP contribution in [0.15, 0.2) is 47.1 Å². The number of fused-ring (bicyclic) bond motifs is 3. The molecule has 4 heterocycles. The molecule has 4 heteroatoms.